The Bertz CT molecular complexity index is 151. The van der Waals surface area contributed by atoms with Crippen LogP contribution in [-0.4, -0.2) is 4.83 Å². The van der Waals surface area contributed by atoms with Crippen LogP contribution in [0.5, 0.6) is 0 Å². The molecule has 2 rings (SSSR count). The Morgan fingerprint density at radius 3 is 3.12 bits per heavy atom. The molecule has 0 saturated carbocycles. The van der Waals surface area contributed by atoms with Crippen LogP contribution in [0.4, 0.5) is 0 Å². The van der Waals surface area contributed by atoms with Gasteiger partial charge in [0.05, 0.1) is 4.83 Å². The van der Waals surface area contributed by atoms with Gasteiger partial charge in [-0.05, 0) is 12.8 Å². The van der Waals surface area contributed by atoms with Crippen molar-refractivity contribution in [2.75, 3.05) is 0 Å². The molecule has 44 valence electrons. The molecule has 2 heteroatoms. The number of hydrogen-bond donors (Lipinski definition) is 0. The Morgan fingerprint density at radius 1 is 1.62 bits per heavy atom. The SMILES string of the molecule is BrC1CCCC2=C1O2. The summed E-state index contributed by atoms with van der Waals surface area (Å²) < 4.78 is 5.18. The molecule has 0 radical (unpaired) electrons. The van der Waals surface area contributed by atoms with Gasteiger partial charge in [0.25, 0.3) is 0 Å². The minimum Gasteiger partial charge on any atom is -0.458 e. The van der Waals surface area contributed by atoms with Crippen molar-refractivity contribution < 1.29 is 4.74 Å². The van der Waals surface area contributed by atoms with E-state index in [2.05, 4.69) is 15.9 Å². The van der Waals surface area contributed by atoms with Gasteiger partial charge in [-0.1, -0.05) is 15.9 Å². The Morgan fingerprint density at radius 2 is 2.50 bits per heavy atom. The van der Waals surface area contributed by atoms with Gasteiger partial charge in [-0.25, -0.2) is 0 Å². The number of rotatable bonds is 0. The monoisotopic (exact) mass is 174 g/mol. The molecular formula is C6H7BrO. The van der Waals surface area contributed by atoms with Crippen molar-refractivity contribution in [1.29, 1.82) is 0 Å². The van der Waals surface area contributed by atoms with Crippen LogP contribution in [0.25, 0.3) is 0 Å². The molecule has 1 unspecified atom stereocenters. The van der Waals surface area contributed by atoms with Gasteiger partial charge in [0.2, 0.25) is 0 Å². The second-order valence-electron chi connectivity index (χ2n) is 2.25. The third kappa shape index (κ3) is 0.591. The van der Waals surface area contributed by atoms with Crippen LogP contribution in [0.2, 0.25) is 0 Å². The van der Waals surface area contributed by atoms with E-state index >= 15 is 0 Å². The molecule has 1 aliphatic heterocycles. The number of ether oxygens (including phenoxy) is 1. The van der Waals surface area contributed by atoms with Gasteiger partial charge in [-0.15, -0.1) is 0 Å². The summed E-state index contributed by atoms with van der Waals surface area (Å²) in [7, 11) is 0. The summed E-state index contributed by atoms with van der Waals surface area (Å²) in [6, 6.07) is 0. The molecule has 0 bridgehead atoms. The maximum atomic E-state index is 5.18. The summed E-state index contributed by atoms with van der Waals surface area (Å²) >= 11 is 3.51. The fourth-order valence-electron chi connectivity index (χ4n) is 1.09. The fourth-order valence-corrected chi connectivity index (χ4v) is 1.77. The van der Waals surface area contributed by atoms with Gasteiger partial charge in [0.15, 0.2) is 5.76 Å². The van der Waals surface area contributed by atoms with Gasteiger partial charge in [0.1, 0.15) is 5.76 Å². The molecule has 1 heterocycles. The number of allylic oxidation sites excluding steroid dienone is 2. The van der Waals surface area contributed by atoms with E-state index in [0.29, 0.717) is 4.83 Å². The average molecular weight is 175 g/mol. The summed E-state index contributed by atoms with van der Waals surface area (Å²) in [4.78, 5) is 0.547. The Hall–Kier alpha value is 0.0200. The smallest absolute Gasteiger partial charge is 0.155 e. The van der Waals surface area contributed by atoms with Gasteiger partial charge in [0, 0.05) is 6.42 Å². The maximum Gasteiger partial charge on any atom is 0.155 e. The highest BCUT2D eigenvalue weighted by Crippen LogP contribution is 2.42. The molecular weight excluding hydrogens is 168 g/mol. The van der Waals surface area contributed by atoms with E-state index < -0.39 is 0 Å². The lowest BCUT2D eigenvalue weighted by atomic mass is 10.1. The van der Waals surface area contributed by atoms with Crippen molar-refractivity contribution >= 4 is 15.9 Å². The quantitative estimate of drug-likeness (QED) is 0.514. The Kier molecular flexibility index (Phi) is 0.911. The molecule has 0 spiro atoms. The van der Waals surface area contributed by atoms with Crippen LogP contribution in [0.15, 0.2) is 11.5 Å². The van der Waals surface area contributed by atoms with Gasteiger partial charge in [-0.3, -0.25) is 0 Å². The van der Waals surface area contributed by atoms with Gasteiger partial charge < -0.3 is 4.74 Å². The fraction of sp³-hybridized carbons (Fsp3) is 0.667. The second kappa shape index (κ2) is 1.50. The van der Waals surface area contributed by atoms with Gasteiger partial charge in [-0.2, -0.15) is 0 Å². The summed E-state index contributed by atoms with van der Waals surface area (Å²) in [6.45, 7) is 0. The number of alkyl halides is 1. The van der Waals surface area contributed by atoms with E-state index in [9.17, 15) is 0 Å². The molecule has 1 aliphatic carbocycles. The van der Waals surface area contributed by atoms with E-state index in [4.69, 9.17) is 4.74 Å². The molecule has 0 aromatic rings. The van der Waals surface area contributed by atoms with E-state index in [1.165, 1.54) is 30.8 Å². The lowest BCUT2D eigenvalue weighted by molar-refractivity contribution is 0.459. The average Bonchev–Trinajstić information content (AvgIpc) is 2.45. The minimum atomic E-state index is 0.547. The molecule has 0 amide bonds. The van der Waals surface area contributed by atoms with E-state index in [-0.39, 0.29) is 0 Å². The van der Waals surface area contributed by atoms with Crippen molar-refractivity contribution in [1.82, 2.24) is 0 Å². The summed E-state index contributed by atoms with van der Waals surface area (Å²) in [5, 5.41) is 0. The van der Waals surface area contributed by atoms with Crippen molar-refractivity contribution in [3.05, 3.63) is 11.5 Å². The van der Waals surface area contributed by atoms with E-state index in [0.717, 1.165) is 0 Å². The Balaban J connectivity index is 2.17. The summed E-state index contributed by atoms with van der Waals surface area (Å²) in [5.74, 6) is 2.47. The number of hydrogen-bond acceptors (Lipinski definition) is 1. The van der Waals surface area contributed by atoms with Crippen molar-refractivity contribution in [2.45, 2.75) is 24.1 Å². The molecule has 1 nitrogen and oxygen atoms in total. The highest BCUT2D eigenvalue weighted by molar-refractivity contribution is 9.09. The highest BCUT2D eigenvalue weighted by atomic mass is 79.9. The van der Waals surface area contributed by atoms with Crippen LogP contribution >= 0.6 is 15.9 Å². The number of halogens is 1. The first-order valence-corrected chi connectivity index (χ1v) is 3.84. The second-order valence-corrected chi connectivity index (χ2v) is 3.35. The summed E-state index contributed by atoms with van der Waals surface area (Å²) in [5.41, 5.74) is 0. The predicted octanol–water partition coefficient (Wildman–Crippen LogP) is 2.18. The van der Waals surface area contributed by atoms with Crippen molar-refractivity contribution in [3.63, 3.8) is 0 Å². The van der Waals surface area contributed by atoms with Crippen LogP contribution in [0, 0.1) is 0 Å². The Labute approximate surface area is 56.8 Å². The van der Waals surface area contributed by atoms with Crippen molar-refractivity contribution in [3.8, 4) is 0 Å². The third-order valence-electron chi connectivity index (χ3n) is 1.61. The highest BCUT2D eigenvalue weighted by Gasteiger charge is 2.34. The first-order valence-electron chi connectivity index (χ1n) is 2.93. The lowest BCUT2D eigenvalue weighted by Gasteiger charge is -2.00. The minimum absolute atomic E-state index is 0.547. The first-order chi connectivity index (χ1) is 3.88. The van der Waals surface area contributed by atoms with Gasteiger partial charge >= 0.3 is 0 Å². The normalized spacial score (nSPS) is 33.9. The predicted molar refractivity (Wildman–Crippen MR) is 34.7 cm³/mol. The third-order valence-corrected chi connectivity index (χ3v) is 2.49. The van der Waals surface area contributed by atoms with Crippen LogP contribution in [-0.2, 0) is 4.74 Å². The van der Waals surface area contributed by atoms with Crippen LogP contribution < -0.4 is 0 Å². The molecule has 0 N–H and O–H groups in total. The van der Waals surface area contributed by atoms with Crippen molar-refractivity contribution in [2.24, 2.45) is 0 Å². The zero-order valence-electron chi connectivity index (χ0n) is 4.48. The zero-order valence-corrected chi connectivity index (χ0v) is 6.07. The van der Waals surface area contributed by atoms with Crippen LogP contribution in [0.1, 0.15) is 19.3 Å². The topological polar surface area (TPSA) is 12.5 Å². The molecule has 0 fully saturated rings. The molecule has 0 aromatic carbocycles. The first kappa shape index (κ1) is 4.86. The molecule has 1 atom stereocenters. The summed E-state index contributed by atoms with van der Waals surface area (Å²) in [6.07, 6.45) is 3.71. The van der Waals surface area contributed by atoms with E-state index in [1.54, 1.807) is 0 Å². The molecule has 8 heavy (non-hydrogen) atoms. The van der Waals surface area contributed by atoms with Crippen LogP contribution in [0.3, 0.4) is 0 Å². The lowest BCUT2D eigenvalue weighted by Crippen LogP contribution is -1.96. The molecule has 0 saturated heterocycles. The standard InChI is InChI=1S/C6H7BrO/c7-4-2-1-3-5-6(4)8-5/h4H,1-3H2. The van der Waals surface area contributed by atoms with E-state index in [1.807, 2.05) is 0 Å². The maximum absolute atomic E-state index is 5.18. The molecule has 0 aromatic heterocycles. The largest absolute Gasteiger partial charge is 0.458 e. The zero-order chi connectivity index (χ0) is 5.56. The molecule has 2 aliphatic rings.